The zero-order chi connectivity index (χ0) is 10.9. The molecule has 2 fully saturated rings. The monoisotopic (exact) mass is 253 g/mol. The molecule has 6 heteroatoms. The van der Waals surface area contributed by atoms with Gasteiger partial charge in [0, 0.05) is 12.4 Å². The van der Waals surface area contributed by atoms with Crippen molar-refractivity contribution in [1.29, 1.82) is 0 Å². The quantitative estimate of drug-likeness (QED) is 0.692. The van der Waals surface area contributed by atoms with E-state index >= 15 is 0 Å². The molecule has 2 aliphatic rings. The van der Waals surface area contributed by atoms with Crippen molar-refractivity contribution >= 4 is 21.6 Å². The van der Waals surface area contributed by atoms with Crippen LogP contribution in [0.2, 0.25) is 0 Å². The van der Waals surface area contributed by atoms with Gasteiger partial charge in [-0.2, -0.15) is 4.31 Å². The van der Waals surface area contributed by atoms with Gasteiger partial charge in [-0.25, -0.2) is 8.42 Å². The number of sulfonamides is 1. The minimum Gasteiger partial charge on any atom is -0.378 e. The Morgan fingerprint density at radius 1 is 1.40 bits per heavy atom. The lowest BCUT2D eigenvalue weighted by Crippen LogP contribution is -2.50. The highest BCUT2D eigenvalue weighted by Gasteiger charge is 2.36. The summed E-state index contributed by atoms with van der Waals surface area (Å²) >= 11 is 5.75. The number of halogens is 1. The van der Waals surface area contributed by atoms with E-state index in [9.17, 15) is 8.42 Å². The first-order valence-electron chi connectivity index (χ1n) is 5.26. The van der Waals surface area contributed by atoms with Crippen LogP contribution in [0.15, 0.2) is 0 Å². The smallest absolute Gasteiger partial charge is 0.214 e. The van der Waals surface area contributed by atoms with Crippen molar-refractivity contribution in [3.63, 3.8) is 0 Å². The predicted octanol–water partition coefficient (Wildman–Crippen LogP) is 0.666. The Labute approximate surface area is 95.6 Å². The van der Waals surface area contributed by atoms with Gasteiger partial charge in [0.05, 0.1) is 25.0 Å². The van der Waals surface area contributed by atoms with Crippen molar-refractivity contribution in [2.45, 2.75) is 18.9 Å². The largest absolute Gasteiger partial charge is 0.378 e. The standard InChI is InChI=1S/C9H16ClNO3S/c10-5-9-6-14-4-3-11(9)15(12,13)7-8-1-2-8/h8-9H,1-7H2. The molecule has 0 bridgehead atoms. The molecule has 88 valence electrons. The van der Waals surface area contributed by atoms with Crippen molar-refractivity contribution < 1.29 is 13.2 Å². The third-order valence-electron chi connectivity index (χ3n) is 2.85. The maximum absolute atomic E-state index is 12.0. The zero-order valence-corrected chi connectivity index (χ0v) is 10.1. The summed E-state index contributed by atoms with van der Waals surface area (Å²) in [7, 11) is -3.11. The number of rotatable bonds is 4. The summed E-state index contributed by atoms with van der Waals surface area (Å²) in [5.74, 6) is 0.985. The normalized spacial score (nSPS) is 29.3. The second-order valence-electron chi connectivity index (χ2n) is 4.22. The Morgan fingerprint density at radius 3 is 2.73 bits per heavy atom. The second-order valence-corrected chi connectivity index (χ2v) is 6.49. The fraction of sp³-hybridized carbons (Fsp3) is 1.00. The summed E-state index contributed by atoms with van der Waals surface area (Å²) < 4.78 is 30.8. The van der Waals surface area contributed by atoms with Crippen LogP contribution in [0.1, 0.15) is 12.8 Å². The average Bonchev–Trinajstić information content (AvgIpc) is 3.01. The number of morpholine rings is 1. The first-order valence-corrected chi connectivity index (χ1v) is 7.41. The van der Waals surface area contributed by atoms with Gasteiger partial charge in [-0.15, -0.1) is 11.6 Å². The Balaban J connectivity index is 2.04. The maximum Gasteiger partial charge on any atom is 0.214 e. The van der Waals surface area contributed by atoms with Crippen LogP contribution < -0.4 is 0 Å². The van der Waals surface area contributed by atoms with Crippen molar-refractivity contribution in [1.82, 2.24) is 4.31 Å². The topological polar surface area (TPSA) is 46.6 Å². The summed E-state index contributed by atoms with van der Waals surface area (Å²) in [6.07, 6.45) is 2.10. The molecule has 0 aromatic heterocycles. The molecule has 1 heterocycles. The lowest BCUT2D eigenvalue weighted by atomic mass is 10.3. The molecular formula is C9H16ClNO3S. The number of hydrogen-bond acceptors (Lipinski definition) is 3. The average molecular weight is 254 g/mol. The highest BCUT2D eigenvalue weighted by atomic mass is 35.5. The number of ether oxygens (including phenoxy) is 1. The van der Waals surface area contributed by atoms with E-state index in [0.29, 0.717) is 37.3 Å². The van der Waals surface area contributed by atoms with Gasteiger partial charge in [-0.05, 0) is 18.8 Å². The summed E-state index contributed by atoms with van der Waals surface area (Å²) in [5, 5.41) is 0. The highest BCUT2D eigenvalue weighted by molar-refractivity contribution is 7.89. The molecule has 15 heavy (non-hydrogen) atoms. The van der Waals surface area contributed by atoms with Gasteiger partial charge in [-0.1, -0.05) is 0 Å². The van der Waals surface area contributed by atoms with Gasteiger partial charge in [-0.3, -0.25) is 0 Å². The first kappa shape index (κ1) is 11.6. The number of alkyl halides is 1. The van der Waals surface area contributed by atoms with Gasteiger partial charge in [0.15, 0.2) is 0 Å². The summed E-state index contributed by atoms with van der Waals surface area (Å²) in [4.78, 5) is 0. The Hall–Kier alpha value is 0.160. The van der Waals surface area contributed by atoms with Gasteiger partial charge in [0.25, 0.3) is 0 Å². The molecule has 1 unspecified atom stereocenters. The van der Waals surface area contributed by atoms with E-state index in [1.807, 2.05) is 0 Å². The Bertz CT molecular complexity index is 315. The summed E-state index contributed by atoms with van der Waals surface area (Å²) in [6.45, 7) is 1.36. The molecular weight excluding hydrogens is 238 g/mol. The van der Waals surface area contributed by atoms with Crippen LogP contribution in [-0.2, 0) is 14.8 Å². The molecule has 1 atom stereocenters. The van der Waals surface area contributed by atoms with E-state index < -0.39 is 10.0 Å². The van der Waals surface area contributed by atoms with Crippen molar-refractivity contribution in [3.05, 3.63) is 0 Å². The molecule has 0 N–H and O–H groups in total. The first-order chi connectivity index (χ1) is 7.13. The Kier molecular flexibility index (Phi) is 3.55. The SMILES string of the molecule is O=S(=O)(CC1CC1)N1CCOCC1CCl. The van der Waals surface area contributed by atoms with Crippen molar-refractivity contribution in [2.24, 2.45) is 5.92 Å². The molecule has 0 amide bonds. The van der Waals surface area contributed by atoms with E-state index in [2.05, 4.69) is 0 Å². The molecule has 1 aliphatic heterocycles. The van der Waals surface area contributed by atoms with E-state index in [4.69, 9.17) is 16.3 Å². The van der Waals surface area contributed by atoms with Gasteiger partial charge in [0.1, 0.15) is 0 Å². The molecule has 0 spiro atoms. The van der Waals surface area contributed by atoms with E-state index in [0.717, 1.165) is 12.8 Å². The third-order valence-corrected chi connectivity index (χ3v) is 5.30. The zero-order valence-electron chi connectivity index (χ0n) is 8.56. The number of hydrogen-bond donors (Lipinski definition) is 0. The van der Waals surface area contributed by atoms with E-state index in [-0.39, 0.29) is 6.04 Å². The molecule has 1 saturated heterocycles. The van der Waals surface area contributed by atoms with Gasteiger partial charge >= 0.3 is 0 Å². The van der Waals surface area contributed by atoms with Gasteiger partial charge in [0.2, 0.25) is 10.0 Å². The molecule has 4 nitrogen and oxygen atoms in total. The molecule has 0 aromatic rings. The van der Waals surface area contributed by atoms with Crippen LogP contribution in [0.3, 0.4) is 0 Å². The van der Waals surface area contributed by atoms with Crippen molar-refractivity contribution in [2.75, 3.05) is 31.4 Å². The summed E-state index contributed by atoms with van der Waals surface area (Å²) in [6, 6.07) is -0.177. The fourth-order valence-corrected chi connectivity index (χ4v) is 4.21. The lowest BCUT2D eigenvalue weighted by Gasteiger charge is -2.33. The van der Waals surface area contributed by atoms with E-state index in [1.54, 1.807) is 0 Å². The number of nitrogens with zero attached hydrogens (tertiary/aromatic N) is 1. The fourth-order valence-electron chi connectivity index (χ4n) is 1.81. The minimum absolute atomic E-state index is 0.177. The lowest BCUT2D eigenvalue weighted by molar-refractivity contribution is 0.0404. The highest BCUT2D eigenvalue weighted by Crippen LogP contribution is 2.31. The van der Waals surface area contributed by atoms with E-state index in [1.165, 1.54) is 4.31 Å². The van der Waals surface area contributed by atoms with Crippen LogP contribution in [0.4, 0.5) is 0 Å². The van der Waals surface area contributed by atoms with Gasteiger partial charge < -0.3 is 4.74 Å². The van der Waals surface area contributed by atoms with Crippen LogP contribution in [-0.4, -0.2) is 50.2 Å². The van der Waals surface area contributed by atoms with Crippen LogP contribution in [0.25, 0.3) is 0 Å². The van der Waals surface area contributed by atoms with Crippen molar-refractivity contribution in [3.8, 4) is 0 Å². The second kappa shape index (κ2) is 4.57. The minimum atomic E-state index is -3.11. The third kappa shape index (κ3) is 2.84. The summed E-state index contributed by atoms with van der Waals surface area (Å²) in [5.41, 5.74) is 0. The molecule has 2 rings (SSSR count). The van der Waals surface area contributed by atoms with Crippen LogP contribution in [0, 0.1) is 5.92 Å². The molecule has 0 radical (unpaired) electrons. The molecule has 0 aromatic carbocycles. The molecule has 1 saturated carbocycles. The maximum atomic E-state index is 12.0. The van der Waals surface area contributed by atoms with Crippen LogP contribution >= 0.6 is 11.6 Å². The predicted molar refractivity (Wildman–Crippen MR) is 58.5 cm³/mol. The van der Waals surface area contributed by atoms with Crippen LogP contribution in [0.5, 0.6) is 0 Å². The Morgan fingerprint density at radius 2 is 2.13 bits per heavy atom. The molecule has 1 aliphatic carbocycles.